The number of hydrogen-bond donors (Lipinski definition) is 2. The summed E-state index contributed by atoms with van der Waals surface area (Å²) in [6, 6.07) is 10.1. The molecule has 0 heterocycles. The molecule has 0 aromatic heterocycles. The molecule has 0 fully saturated rings. The summed E-state index contributed by atoms with van der Waals surface area (Å²) in [5.41, 5.74) is 1.12. The number of rotatable bonds is 7. The minimum absolute atomic E-state index is 0. The normalized spacial score (nSPS) is 12.7. The van der Waals surface area contributed by atoms with E-state index >= 15 is 0 Å². The van der Waals surface area contributed by atoms with Crippen molar-refractivity contribution < 1.29 is 13.2 Å². The van der Waals surface area contributed by atoms with Crippen LogP contribution in [0, 0.1) is 0 Å². The standard InChI is InChI=1S/C17H27F3N4.HI/c1-16(2,14-8-6-5-7-9-14)12-23-15(21-3)22-10-11-24(4)13-17(18,19)20;/h5-9H,10-13H2,1-4H3,(H2,21,22,23);1H. The van der Waals surface area contributed by atoms with Crippen molar-refractivity contribution >= 4 is 29.9 Å². The molecule has 0 saturated heterocycles. The van der Waals surface area contributed by atoms with Gasteiger partial charge in [0.05, 0.1) is 6.54 Å². The number of nitrogens with one attached hydrogen (secondary N) is 2. The number of hydrogen-bond acceptors (Lipinski definition) is 2. The van der Waals surface area contributed by atoms with E-state index in [1.807, 2.05) is 18.2 Å². The molecule has 0 spiro atoms. The van der Waals surface area contributed by atoms with Crippen molar-refractivity contribution in [1.82, 2.24) is 15.5 Å². The number of benzene rings is 1. The van der Waals surface area contributed by atoms with Gasteiger partial charge in [0.1, 0.15) is 0 Å². The number of nitrogens with zero attached hydrogens (tertiary/aromatic N) is 2. The van der Waals surface area contributed by atoms with Crippen LogP contribution in [0.2, 0.25) is 0 Å². The number of halogens is 4. The van der Waals surface area contributed by atoms with Gasteiger partial charge in [-0.05, 0) is 12.6 Å². The van der Waals surface area contributed by atoms with Crippen molar-refractivity contribution in [3.05, 3.63) is 35.9 Å². The third kappa shape index (κ3) is 9.88. The van der Waals surface area contributed by atoms with E-state index in [0.29, 0.717) is 19.0 Å². The lowest BCUT2D eigenvalue weighted by atomic mass is 9.85. The summed E-state index contributed by atoms with van der Waals surface area (Å²) in [7, 11) is 3.09. The van der Waals surface area contributed by atoms with E-state index in [4.69, 9.17) is 0 Å². The SMILES string of the molecule is CN=C(NCCN(C)CC(F)(F)F)NCC(C)(C)c1ccccc1.I. The van der Waals surface area contributed by atoms with E-state index in [0.717, 1.165) is 0 Å². The Labute approximate surface area is 165 Å². The fourth-order valence-corrected chi connectivity index (χ4v) is 2.27. The molecule has 25 heavy (non-hydrogen) atoms. The number of likely N-dealkylation sites (N-methyl/N-ethyl adjacent to an activating group) is 1. The van der Waals surface area contributed by atoms with Crippen LogP contribution in [-0.4, -0.2) is 57.3 Å². The predicted molar refractivity (Wildman–Crippen MR) is 108 cm³/mol. The quantitative estimate of drug-likeness (QED) is 0.364. The van der Waals surface area contributed by atoms with E-state index in [-0.39, 0.29) is 35.9 Å². The molecule has 0 saturated carbocycles. The smallest absolute Gasteiger partial charge is 0.356 e. The first-order valence-corrected chi connectivity index (χ1v) is 7.89. The highest BCUT2D eigenvalue weighted by atomic mass is 127. The monoisotopic (exact) mass is 472 g/mol. The zero-order valence-electron chi connectivity index (χ0n) is 15.2. The maximum absolute atomic E-state index is 12.3. The van der Waals surface area contributed by atoms with Gasteiger partial charge >= 0.3 is 6.18 Å². The summed E-state index contributed by atoms with van der Waals surface area (Å²) in [4.78, 5) is 5.34. The second kappa shape index (κ2) is 10.8. The Bertz CT molecular complexity index is 518. The van der Waals surface area contributed by atoms with Gasteiger partial charge in [0.2, 0.25) is 0 Å². The Morgan fingerprint density at radius 1 is 1.12 bits per heavy atom. The van der Waals surface area contributed by atoms with Crippen LogP contribution in [0.25, 0.3) is 0 Å². The molecule has 0 aliphatic heterocycles. The van der Waals surface area contributed by atoms with E-state index in [9.17, 15) is 13.2 Å². The third-order valence-corrected chi connectivity index (χ3v) is 3.71. The van der Waals surface area contributed by atoms with Crippen molar-refractivity contribution in [1.29, 1.82) is 0 Å². The molecule has 4 nitrogen and oxygen atoms in total. The maximum Gasteiger partial charge on any atom is 0.401 e. The molecule has 0 aliphatic carbocycles. The minimum atomic E-state index is -4.17. The van der Waals surface area contributed by atoms with Gasteiger partial charge in [0, 0.05) is 32.1 Å². The molecule has 1 aromatic rings. The molecule has 0 atom stereocenters. The highest BCUT2D eigenvalue weighted by molar-refractivity contribution is 14.0. The zero-order chi connectivity index (χ0) is 18.2. The first kappa shape index (κ1) is 24.0. The highest BCUT2D eigenvalue weighted by Gasteiger charge is 2.28. The van der Waals surface area contributed by atoms with Gasteiger partial charge in [-0.15, -0.1) is 24.0 Å². The topological polar surface area (TPSA) is 39.7 Å². The number of guanidine groups is 1. The molecule has 1 rings (SSSR count). The van der Waals surface area contributed by atoms with Crippen LogP contribution < -0.4 is 10.6 Å². The van der Waals surface area contributed by atoms with Gasteiger partial charge in [0.25, 0.3) is 0 Å². The van der Waals surface area contributed by atoms with E-state index < -0.39 is 12.7 Å². The van der Waals surface area contributed by atoms with Crippen molar-refractivity contribution in [3.63, 3.8) is 0 Å². The molecule has 2 N–H and O–H groups in total. The summed E-state index contributed by atoms with van der Waals surface area (Å²) in [5, 5.41) is 6.27. The lowest BCUT2D eigenvalue weighted by molar-refractivity contribution is -0.142. The fourth-order valence-electron chi connectivity index (χ4n) is 2.27. The summed E-state index contributed by atoms with van der Waals surface area (Å²) in [5.74, 6) is 0.583. The summed E-state index contributed by atoms with van der Waals surface area (Å²) >= 11 is 0. The molecule has 0 bridgehead atoms. The molecule has 0 aliphatic rings. The van der Waals surface area contributed by atoms with Gasteiger partial charge in [0.15, 0.2) is 5.96 Å². The Kier molecular flexibility index (Phi) is 10.4. The zero-order valence-corrected chi connectivity index (χ0v) is 17.5. The van der Waals surface area contributed by atoms with Crippen molar-refractivity contribution in [3.8, 4) is 0 Å². The molecule has 0 amide bonds. The Morgan fingerprint density at radius 2 is 1.72 bits per heavy atom. The van der Waals surface area contributed by atoms with E-state index in [2.05, 4.69) is 41.6 Å². The molecule has 0 radical (unpaired) electrons. The van der Waals surface area contributed by atoms with Crippen LogP contribution in [-0.2, 0) is 5.41 Å². The highest BCUT2D eigenvalue weighted by Crippen LogP contribution is 2.21. The van der Waals surface area contributed by atoms with Crippen molar-refractivity contribution in [2.75, 3.05) is 40.3 Å². The fraction of sp³-hybridized carbons (Fsp3) is 0.588. The molecule has 144 valence electrons. The Balaban J connectivity index is 0.00000576. The average molecular weight is 472 g/mol. The van der Waals surface area contributed by atoms with Gasteiger partial charge < -0.3 is 10.6 Å². The van der Waals surface area contributed by atoms with Gasteiger partial charge in [-0.25, -0.2) is 0 Å². The largest absolute Gasteiger partial charge is 0.401 e. The summed E-state index contributed by atoms with van der Waals surface area (Å²) in [6.07, 6.45) is -4.17. The van der Waals surface area contributed by atoms with Crippen LogP contribution in [0.1, 0.15) is 19.4 Å². The van der Waals surface area contributed by atoms with Crippen molar-refractivity contribution in [2.24, 2.45) is 4.99 Å². The van der Waals surface area contributed by atoms with Crippen LogP contribution >= 0.6 is 24.0 Å². The van der Waals surface area contributed by atoms with Crippen molar-refractivity contribution in [2.45, 2.75) is 25.4 Å². The number of alkyl halides is 3. The minimum Gasteiger partial charge on any atom is -0.356 e. The summed E-state index contributed by atoms with van der Waals surface area (Å²) < 4.78 is 36.8. The van der Waals surface area contributed by atoms with E-state index in [1.165, 1.54) is 17.5 Å². The Hall–Kier alpha value is -1.03. The average Bonchev–Trinajstić information content (AvgIpc) is 2.49. The first-order chi connectivity index (χ1) is 11.1. The lowest BCUT2D eigenvalue weighted by Gasteiger charge is -2.27. The predicted octanol–water partition coefficient (Wildman–Crippen LogP) is 3.24. The third-order valence-electron chi connectivity index (χ3n) is 3.71. The maximum atomic E-state index is 12.3. The number of aliphatic imine (C=N–C) groups is 1. The molecular weight excluding hydrogens is 444 g/mol. The molecule has 8 heteroatoms. The van der Waals surface area contributed by atoms with Crippen LogP contribution in [0.15, 0.2) is 35.3 Å². The van der Waals surface area contributed by atoms with Crippen LogP contribution in [0.5, 0.6) is 0 Å². The molecular formula is C17H28F3IN4. The molecule has 0 unspecified atom stereocenters. The molecule has 1 aromatic carbocycles. The van der Waals surface area contributed by atoms with Gasteiger partial charge in [-0.1, -0.05) is 44.2 Å². The van der Waals surface area contributed by atoms with Crippen LogP contribution in [0.4, 0.5) is 13.2 Å². The summed E-state index contributed by atoms with van der Waals surface area (Å²) in [6.45, 7) is 4.66. The van der Waals surface area contributed by atoms with E-state index in [1.54, 1.807) is 7.05 Å². The van der Waals surface area contributed by atoms with Gasteiger partial charge in [-0.3, -0.25) is 9.89 Å². The van der Waals surface area contributed by atoms with Crippen LogP contribution in [0.3, 0.4) is 0 Å². The second-order valence-electron chi connectivity index (χ2n) is 6.46. The lowest BCUT2D eigenvalue weighted by Crippen LogP contribution is -2.45. The van der Waals surface area contributed by atoms with Gasteiger partial charge in [-0.2, -0.15) is 13.2 Å². The Morgan fingerprint density at radius 3 is 2.24 bits per heavy atom. The first-order valence-electron chi connectivity index (χ1n) is 7.89. The second-order valence-corrected chi connectivity index (χ2v) is 6.46.